The third-order valence-corrected chi connectivity index (χ3v) is 3.45. The minimum absolute atomic E-state index is 0.0244. The van der Waals surface area contributed by atoms with E-state index in [1.807, 2.05) is 30.3 Å². The Labute approximate surface area is 119 Å². The van der Waals surface area contributed by atoms with Crippen molar-refractivity contribution in [3.05, 3.63) is 30.3 Å². The minimum atomic E-state index is -0.202. The summed E-state index contributed by atoms with van der Waals surface area (Å²) in [6.45, 7) is 2.07. The van der Waals surface area contributed by atoms with Gasteiger partial charge in [-0.2, -0.15) is 0 Å². The molecule has 1 heterocycles. The number of carbonyl (C=O) groups excluding carboxylic acids is 2. The summed E-state index contributed by atoms with van der Waals surface area (Å²) < 4.78 is 0. The first-order valence-electron chi connectivity index (χ1n) is 7.06. The van der Waals surface area contributed by atoms with Crippen molar-refractivity contribution in [2.45, 2.75) is 19.3 Å². The van der Waals surface area contributed by atoms with Gasteiger partial charge >= 0.3 is 0 Å². The lowest BCUT2D eigenvalue weighted by molar-refractivity contribution is -0.124. The highest BCUT2D eigenvalue weighted by atomic mass is 16.2. The molecule has 0 aromatic heterocycles. The van der Waals surface area contributed by atoms with Crippen LogP contribution in [0.2, 0.25) is 0 Å². The number of rotatable bonds is 6. The van der Waals surface area contributed by atoms with Crippen LogP contribution in [0, 0.1) is 5.92 Å². The Morgan fingerprint density at radius 3 is 2.70 bits per heavy atom. The van der Waals surface area contributed by atoms with Crippen LogP contribution >= 0.6 is 0 Å². The van der Waals surface area contributed by atoms with Crippen molar-refractivity contribution >= 4 is 17.5 Å². The van der Waals surface area contributed by atoms with Crippen molar-refractivity contribution in [2.24, 2.45) is 5.92 Å². The third kappa shape index (κ3) is 5.01. The van der Waals surface area contributed by atoms with E-state index in [1.165, 1.54) is 0 Å². The first-order chi connectivity index (χ1) is 9.74. The standard InChI is InChI=1S/C15H21N3O2/c19-14(7-6-12-8-9-16-10-12)17-11-15(20)18-13-4-2-1-3-5-13/h1-5,12,16H,6-11H2,(H,17,19)(H,18,20). The normalized spacial score (nSPS) is 17.7. The number of anilines is 1. The maximum Gasteiger partial charge on any atom is 0.243 e. The largest absolute Gasteiger partial charge is 0.347 e. The van der Waals surface area contributed by atoms with Gasteiger partial charge in [0.05, 0.1) is 6.54 Å². The predicted molar refractivity (Wildman–Crippen MR) is 78.3 cm³/mol. The molecule has 1 saturated heterocycles. The molecular weight excluding hydrogens is 254 g/mol. The molecule has 20 heavy (non-hydrogen) atoms. The first kappa shape index (κ1) is 14.5. The average molecular weight is 275 g/mol. The van der Waals surface area contributed by atoms with Gasteiger partial charge < -0.3 is 16.0 Å². The van der Waals surface area contributed by atoms with Crippen LogP contribution in [-0.4, -0.2) is 31.4 Å². The molecule has 1 aromatic rings. The molecule has 5 heteroatoms. The second kappa shape index (κ2) is 7.65. The second-order valence-corrected chi connectivity index (χ2v) is 5.09. The second-order valence-electron chi connectivity index (χ2n) is 5.09. The fourth-order valence-electron chi connectivity index (χ4n) is 2.29. The van der Waals surface area contributed by atoms with E-state index in [0.717, 1.165) is 31.6 Å². The Hall–Kier alpha value is -1.88. The fraction of sp³-hybridized carbons (Fsp3) is 0.467. The molecule has 0 spiro atoms. The minimum Gasteiger partial charge on any atom is -0.347 e. The molecule has 0 aliphatic carbocycles. The topological polar surface area (TPSA) is 70.2 Å². The maximum atomic E-state index is 11.6. The van der Waals surface area contributed by atoms with Gasteiger partial charge in [0.2, 0.25) is 11.8 Å². The summed E-state index contributed by atoms with van der Waals surface area (Å²) in [5.74, 6) is 0.339. The van der Waals surface area contributed by atoms with Gasteiger partial charge in [-0.3, -0.25) is 9.59 Å². The van der Waals surface area contributed by atoms with Crippen molar-refractivity contribution in [3.8, 4) is 0 Å². The fourth-order valence-corrected chi connectivity index (χ4v) is 2.29. The Kier molecular flexibility index (Phi) is 5.55. The highest BCUT2D eigenvalue weighted by Gasteiger charge is 2.15. The van der Waals surface area contributed by atoms with Crippen LogP contribution in [0.25, 0.3) is 0 Å². The van der Waals surface area contributed by atoms with Gasteiger partial charge in [-0.25, -0.2) is 0 Å². The highest BCUT2D eigenvalue weighted by molar-refractivity contribution is 5.94. The Morgan fingerprint density at radius 1 is 1.20 bits per heavy atom. The van der Waals surface area contributed by atoms with Gasteiger partial charge in [-0.05, 0) is 44.0 Å². The molecule has 0 bridgehead atoms. The molecule has 0 radical (unpaired) electrons. The number of carbonyl (C=O) groups is 2. The van der Waals surface area contributed by atoms with Crippen molar-refractivity contribution in [3.63, 3.8) is 0 Å². The predicted octanol–water partition coefficient (Wildman–Crippen LogP) is 1.13. The van der Waals surface area contributed by atoms with E-state index >= 15 is 0 Å². The van der Waals surface area contributed by atoms with Crippen LogP contribution in [0.5, 0.6) is 0 Å². The summed E-state index contributed by atoms with van der Waals surface area (Å²) in [4.78, 5) is 23.3. The zero-order valence-corrected chi connectivity index (χ0v) is 11.5. The summed E-state index contributed by atoms with van der Waals surface area (Å²) >= 11 is 0. The number of amides is 2. The van der Waals surface area contributed by atoms with Crippen molar-refractivity contribution in [1.82, 2.24) is 10.6 Å². The summed E-state index contributed by atoms with van der Waals surface area (Å²) in [7, 11) is 0. The van der Waals surface area contributed by atoms with E-state index in [-0.39, 0.29) is 18.4 Å². The van der Waals surface area contributed by atoms with E-state index in [2.05, 4.69) is 16.0 Å². The quantitative estimate of drug-likeness (QED) is 0.729. The van der Waals surface area contributed by atoms with E-state index in [4.69, 9.17) is 0 Å². The van der Waals surface area contributed by atoms with Gasteiger partial charge in [0, 0.05) is 12.1 Å². The number of hydrogen-bond donors (Lipinski definition) is 3. The molecule has 1 fully saturated rings. The average Bonchev–Trinajstić information content (AvgIpc) is 2.97. The van der Waals surface area contributed by atoms with E-state index in [0.29, 0.717) is 12.3 Å². The van der Waals surface area contributed by atoms with Gasteiger partial charge in [0.1, 0.15) is 0 Å². The molecule has 1 aromatic carbocycles. The van der Waals surface area contributed by atoms with Gasteiger partial charge in [-0.1, -0.05) is 18.2 Å². The lowest BCUT2D eigenvalue weighted by atomic mass is 10.0. The van der Waals surface area contributed by atoms with Gasteiger partial charge in [-0.15, -0.1) is 0 Å². The molecule has 1 unspecified atom stereocenters. The van der Waals surface area contributed by atoms with Crippen LogP contribution in [0.1, 0.15) is 19.3 Å². The molecule has 2 amide bonds. The Balaban J connectivity index is 1.61. The summed E-state index contributed by atoms with van der Waals surface area (Å²) in [6.07, 6.45) is 2.52. The molecule has 1 atom stereocenters. The monoisotopic (exact) mass is 275 g/mol. The smallest absolute Gasteiger partial charge is 0.243 e. The zero-order valence-electron chi connectivity index (χ0n) is 11.5. The first-order valence-corrected chi connectivity index (χ1v) is 7.06. The molecule has 1 aliphatic rings. The number of hydrogen-bond acceptors (Lipinski definition) is 3. The van der Waals surface area contributed by atoms with Crippen LogP contribution in [0.15, 0.2) is 30.3 Å². The molecule has 0 saturated carbocycles. The maximum absolute atomic E-state index is 11.6. The molecular formula is C15H21N3O2. The van der Waals surface area contributed by atoms with E-state index in [1.54, 1.807) is 0 Å². The van der Waals surface area contributed by atoms with Gasteiger partial charge in [0.15, 0.2) is 0 Å². The molecule has 3 N–H and O–H groups in total. The number of nitrogens with one attached hydrogen (secondary N) is 3. The number of para-hydroxylation sites is 1. The zero-order chi connectivity index (χ0) is 14.2. The van der Waals surface area contributed by atoms with Crippen molar-refractivity contribution in [1.29, 1.82) is 0 Å². The number of benzene rings is 1. The molecule has 5 nitrogen and oxygen atoms in total. The summed E-state index contributed by atoms with van der Waals surface area (Å²) in [5, 5.41) is 8.66. The van der Waals surface area contributed by atoms with Crippen molar-refractivity contribution < 1.29 is 9.59 Å². The van der Waals surface area contributed by atoms with Crippen LogP contribution in [0.3, 0.4) is 0 Å². The van der Waals surface area contributed by atoms with Crippen LogP contribution < -0.4 is 16.0 Å². The summed E-state index contributed by atoms with van der Waals surface area (Å²) in [5.41, 5.74) is 0.740. The van der Waals surface area contributed by atoms with Gasteiger partial charge in [0.25, 0.3) is 0 Å². The lowest BCUT2D eigenvalue weighted by Gasteiger charge is -2.09. The highest BCUT2D eigenvalue weighted by Crippen LogP contribution is 2.13. The third-order valence-electron chi connectivity index (χ3n) is 3.45. The summed E-state index contributed by atoms with van der Waals surface area (Å²) in [6, 6.07) is 9.21. The van der Waals surface area contributed by atoms with Crippen LogP contribution in [-0.2, 0) is 9.59 Å². The lowest BCUT2D eigenvalue weighted by Crippen LogP contribution is -2.33. The van der Waals surface area contributed by atoms with E-state index < -0.39 is 0 Å². The molecule has 1 aliphatic heterocycles. The van der Waals surface area contributed by atoms with Crippen LogP contribution in [0.4, 0.5) is 5.69 Å². The SMILES string of the molecule is O=C(CCC1CCNC1)NCC(=O)Nc1ccccc1. The van der Waals surface area contributed by atoms with E-state index in [9.17, 15) is 9.59 Å². The Morgan fingerprint density at radius 2 is 2.00 bits per heavy atom. The molecule has 2 rings (SSSR count). The van der Waals surface area contributed by atoms with Crippen molar-refractivity contribution in [2.75, 3.05) is 25.0 Å². The molecule has 108 valence electrons. The Bertz CT molecular complexity index is 442.